The molecule has 0 spiro atoms. The molecule has 2 atom stereocenters. The Hall–Kier alpha value is -2.00. The zero-order valence-electron chi connectivity index (χ0n) is 11.1. The summed E-state index contributed by atoms with van der Waals surface area (Å²) in [5.74, 6) is -3.76. The van der Waals surface area contributed by atoms with Gasteiger partial charge in [0, 0.05) is 6.04 Å². The fraction of sp³-hybridized carbons (Fsp3) is 0.727. The molecule has 0 aliphatic heterocycles. The Morgan fingerprint density at radius 2 is 1.67 bits per heavy atom. The molecule has 120 valence electrons. The lowest BCUT2D eigenvalue weighted by atomic mass is 9.85. The molecule has 1 rings (SSSR count). The summed E-state index contributed by atoms with van der Waals surface area (Å²) in [5.41, 5.74) is 9.73. The standard InChI is InChI=1S/C11H17F3N4O3/c12-11(13,14)5-2-1-3-6(4-5)17-10(21)18-7(8(15)19)9(16)20/h5-7H,1-4H2,(H2,15,19)(H2,16,20)(H2,17,18,21)/t5-,6+/m1/s1. The number of carbonyl (C=O) groups excluding carboxylic acids is 3. The van der Waals surface area contributed by atoms with Crippen molar-refractivity contribution in [2.45, 2.75) is 43.9 Å². The van der Waals surface area contributed by atoms with Crippen molar-refractivity contribution in [2.75, 3.05) is 0 Å². The van der Waals surface area contributed by atoms with Gasteiger partial charge in [-0.25, -0.2) is 4.79 Å². The molecule has 7 nitrogen and oxygen atoms in total. The monoisotopic (exact) mass is 310 g/mol. The normalized spacial score (nSPS) is 22.7. The minimum absolute atomic E-state index is 0.0223. The number of alkyl halides is 3. The van der Waals surface area contributed by atoms with Crippen molar-refractivity contribution in [1.29, 1.82) is 0 Å². The van der Waals surface area contributed by atoms with E-state index in [0.717, 1.165) is 0 Å². The van der Waals surface area contributed by atoms with Crippen LogP contribution in [0.4, 0.5) is 18.0 Å². The Morgan fingerprint density at radius 1 is 1.10 bits per heavy atom. The van der Waals surface area contributed by atoms with E-state index < -0.39 is 42.0 Å². The highest BCUT2D eigenvalue weighted by Gasteiger charge is 2.42. The third-order valence-corrected chi connectivity index (χ3v) is 3.32. The number of amides is 4. The summed E-state index contributed by atoms with van der Waals surface area (Å²) in [4.78, 5) is 33.3. The predicted octanol–water partition coefficient (Wildman–Crippen LogP) is -0.254. The quantitative estimate of drug-likeness (QED) is 0.534. The highest BCUT2D eigenvalue weighted by atomic mass is 19.4. The van der Waals surface area contributed by atoms with E-state index in [1.165, 1.54) is 0 Å². The Morgan fingerprint density at radius 3 is 2.14 bits per heavy atom. The minimum Gasteiger partial charge on any atom is -0.367 e. The molecule has 0 radical (unpaired) electrons. The first-order valence-corrected chi connectivity index (χ1v) is 6.33. The fourth-order valence-electron chi connectivity index (χ4n) is 2.26. The molecule has 0 aromatic carbocycles. The van der Waals surface area contributed by atoms with Crippen molar-refractivity contribution in [2.24, 2.45) is 17.4 Å². The molecule has 0 unspecified atom stereocenters. The van der Waals surface area contributed by atoms with Crippen LogP contribution in [0.15, 0.2) is 0 Å². The number of nitrogens with one attached hydrogen (secondary N) is 2. The van der Waals surface area contributed by atoms with Crippen molar-refractivity contribution >= 4 is 17.8 Å². The smallest absolute Gasteiger partial charge is 0.367 e. The number of nitrogens with two attached hydrogens (primary N) is 2. The zero-order chi connectivity index (χ0) is 16.2. The van der Waals surface area contributed by atoms with E-state index in [1.54, 1.807) is 0 Å². The molecule has 1 aliphatic rings. The summed E-state index contributed by atoms with van der Waals surface area (Å²) in [6, 6.07) is -3.34. The average Bonchev–Trinajstić information content (AvgIpc) is 2.34. The van der Waals surface area contributed by atoms with Crippen molar-refractivity contribution < 1.29 is 27.6 Å². The van der Waals surface area contributed by atoms with Crippen LogP contribution < -0.4 is 22.1 Å². The van der Waals surface area contributed by atoms with Crippen molar-refractivity contribution in [1.82, 2.24) is 10.6 Å². The van der Waals surface area contributed by atoms with E-state index in [-0.39, 0.29) is 12.8 Å². The van der Waals surface area contributed by atoms with Gasteiger partial charge in [0.25, 0.3) is 0 Å². The summed E-state index contributed by atoms with van der Waals surface area (Å²) in [5, 5.41) is 4.23. The third kappa shape index (κ3) is 5.12. The predicted molar refractivity (Wildman–Crippen MR) is 65.6 cm³/mol. The van der Waals surface area contributed by atoms with Gasteiger partial charge in [-0.1, -0.05) is 6.42 Å². The molecule has 21 heavy (non-hydrogen) atoms. The topological polar surface area (TPSA) is 127 Å². The summed E-state index contributed by atoms with van der Waals surface area (Å²) >= 11 is 0. The van der Waals surface area contributed by atoms with E-state index in [2.05, 4.69) is 5.32 Å². The number of urea groups is 1. The van der Waals surface area contributed by atoms with Gasteiger partial charge in [0.05, 0.1) is 5.92 Å². The van der Waals surface area contributed by atoms with Crippen molar-refractivity contribution in [3.05, 3.63) is 0 Å². The number of carbonyl (C=O) groups is 3. The second-order valence-electron chi connectivity index (χ2n) is 4.96. The Bertz CT molecular complexity index is 413. The van der Waals surface area contributed by atoms with Crippen LogP contribution in [0.3, 0.4) is 0 Å². The first kappa shape index (κ1) is 17.1. The van der Waals surface area contributed by atoms with E-state index in [9.17, 15) is 27.6 Å². The minimum atomic E-state index is -4.31. The molecule has 0 bridgehead atoms. The highest BCUT2D eigenvalue weighted by molar-refractivity contribution is 6.05. The number of hydrogen-bond donors (Lipinski definition) is 4. The van der Waals surface area contributed by atoms with Crippen molar-refractivity contribution in [3.8, 4) is 0 Å². The SMILES string of the molecule is NC(=O)C(NC(=O)N[C@H]1CCC[C@@H](C(F)(F)F)C1)C(N)=O. The number of halogens is 3. The average molecular weight is 310 g/mol. The van der Waals surface area contributed by atoms with E-state index >= 15 is 0 Å². The molecule has 6 N–H and O–H groups in total. The summed E-state index contributed by atoms with van der Waals surface area (Å²) < 4.78 is 37.9. The maximum absolute atomic E-state index is 12.6. The summed E-state index contributed by atoms with van der Waals surface area (Å²) in [6.07, 6.45) is -3.81. The Kier molecular flexibility index (Phi) is 5.39. The van der Waals surface area contributed by atoms with Crippen LogP contribution in [0.5, 0.6) is 0 Å². The van der Waals surface area contributed by atoms with Gasteiger partial charge < -0.3 is 22.1 Å². The highest BCUT2D eigenvalue weighted by Crippen LogP contribution is 2.37. The lowest BCUT2D eigenvalue weighted by Crippen LogP contribution is -2.56. The molecule has 1 aliphatic carbocycles. The summed E-state index contributed by atoms with van der Waals surface area (Å²) in [7, 11) is 0. The lowest BCUT2D eigenvalue weighted by Gasteiger charge is -2.31. The van der Waals surface area contributed by atoms with Gasteiger partial charge in [0.15, 0.2) is 6.04 Å². The van der Waals surface area contributed by atoms with Gasteiger partial charge in [-0.15, -0.1) is 0 Å². The number of primary amides is 2. The van der Waals surface area contributed by atoms with Crippen LogP contribution in [0.2, 0.25) is 0 Å². The molecule has 4 amide bonds. The van der Waals surface area contributed by atoms with Gasteiger partial charge in [-0.2, -0.15) is 13.2 Å². The van der Waals surface area contributed by atoms with Gasteiger partial charge >= 0.3 is 12.2 Å². The second-order valence-corrected chi connectivity index (χ2v) is 4.96. The third-order valence-electron chi connectivity index (χ3n) is 3.32. The Balaban J connectivity index is 2.54. The fourth-order valence-corrected chi connectivity index (χ4v) is 2.26. The molecule has 1 saturated carbocycles. The first-order valence-electron chi connectivity index (χ1n) is 6.33. The van der Waals surface area contributed by atoms with Crippen LogP contribution in [0, 0.1) is 5.92 Å². The second kappa shape index (κ2) is 6.64. The van der Waals surface area contributed by atoms with Gasteiger partial charge in [0.1, 0.15) is 0 Å². The Labute approximate surface area is 118 Å². The molecular weight excluding hydrogens is 293 g/mol. The van der Waals surface area contributed by atoms with Crippen LogP contribution >= 0.6 is 0 Å². The van der Waals surface area contributed by atoms with Crippen LogP contribution in [0.25, 0.3) is 0 Å². The van der Waals surface area contributed by atoms with E-state index in [0.29, 0.717) is 12.8 Å². The summed E-state index contributed by atoms with van der Waals surface area (Å²) in [6.45, 7) is 0. The van der Waals surface area contributed by atoms with Gasteiger partial charge in [-0.05, 0) is 19.3 Å². The lowest BCUT2D eigenvalue weighted by molar-refractivity contribution is -0.183. The molecule has 0 heterocycles. The van der Waals surface area contributed by atoms with Gasteiger partial charge in [-0.3, -0.25) is 9.59 Å². The molecular formula is C11H17F3N4O3. The molecule has 0 aromatic heterocycles. The molecule has 0 aromatic rings. The molecule has 1 fully saturated rings. The first-order chi connectivity index (χ1) is 9.61. The molecule has 0 saturated heterocycles. The molecule has 10 heteroatoms. The van der Waals surface area contributed by atoms with Gasteiger partial charge in [0.2, 0.25) is 11.8 Å². The largest absolute Gasteiger partial charge is 0.391 e. The van der Waals surface area contributed by atoms with E-state index in [1.807, 2.05) is 5.32 Å². The van der Waals surface area contributed by atoms with E-state index in [4.69, 9.17) is 11.5 Å². The van der Waals surface area contributed by atoms with Crippen LogP contribution in [-0.4, -0.2) is 36.1 Å². The van der Waals surface area contributed by atoms with Crippen LogP contribution in [0.1, 0.15) is 25.7 Å². The number of rotatable bonds is 4. The number of hydrogen-bond acceptors (Lipinski definition) is 3. The van der Waals surface area contributed by atoms with Crippen molar-refractivity contribution in [3.63, 3.8) is 0 Å². The van der Waals surface area contributed by atoms with Crippen LogP contribution in [-0.2, 0) is 9.59 Å². The zero-order valence-corrected chi connectivity index (χ0v) is 11.1. The maximum atomic E-state index is 12.6. The maximum Gasteiger partial charge on any atom is 0.391 e.